The molecule has 0 aliphatic heterocycles. The summed E-state index contributed by atoms with van der Waals surface area (Å²) in [5.41, 5.74) is 2.11. The zero-order valence-electron chi connectivity index (χ0n) is 13.7. The van der Waals surface area contributed by atoms with E-state index in [9.17, 15) is 4.79 Å². The third-order valence-corrected chi connectivity index (χ3v) is 4.70. The molecule has 130 valence electrons. The number of hydrogen-bond acceptors (Lipinski definition) is 3. The summed E-state index contributed by atoms with van der Waals surface area (Å²) < 4.78 is 11.3. The molecular formula is C20H13Cl2NO3. The number of benzene rings is 3. The van der Waals surface area contributed by atoms with Crippen LogP contribution in [0.25, 0.3) is 21.9 Å². The van der Waals surface area contributed by atoms with E-state index in [4.69, 9.17) is 32.4 Å². The second kappa shape index (κ2) is 6.56. The highest BCUT2D eigenvalue weighted by Crippen LogP contribution is 2.37. The van der Waals surface area contributed by atoms with Crippen LogP contribution in [-0.2, 0) is 0 Å². The van der Waals surface area contributed by atoms with E-state index in [0.717, 1.165) is 5.39 Å². The normalized spacial score (nSPS) is 11.0. The van der Waals surface area contributed by atoms with Crippen molar-refractivity contribution in [3.05, 3.63) is 70.2 Å². The number of methoxy groups -OCH3 is 1. The number of fused-ring (bicyclic) bond motifs is 3. The predicted molar refractivity (Wildman–Crippen MR) is 105 cm³/mol. The number of carbonyl (C=O) groups is 1. The van der Waals surface area contributed by atoms with Crippen molar-refractivity contribution in [1.29, 1.82) is 0 Å². The van der Waals surface area contributed by atoms with Crippen LogP contribution in [0.1, 0.15) is 10.4 Å². The van der Waals surface area contributed by atoms with Crippen molar-refractivity contribution >= 4 is 56.7 Å². The van der Waals surface area contributed by atoms with Crippen molar-refractivity contribution < 1.29 is 13.9 Å². The Morgan fingerprint density at radius 2 is 1.88 bits per heavy atom. The number of furan rings is 1. The van der Waals surface area contributed by atoms with Crippen LogP contribution >= 0.6 is 23.2 Å². The second-order valence-electron chi connectivity index (χ2n) is 5.70. The SMILES string of the molecule is COc1ccc(C(=O)Nc2cc(Cl)ccc2Cl)c2c1oc1ccccc12. The van der Waals surface area contributed by atoms with Crippen molar-refractivity contribution in [3.8, 4) is 5.75 Å². The molecule has 0 radical (unpaired) electrons. The van der Waals surface area contributed by atoms with Crippen LogP contribution in [-0.4, -0.2) is 13.0 Å². The van der Waals surface area contributed by atoms with Gasteiger partial charge in [-0.2, -0.15) is 0 Å². The minimum Gasteiger partial charge on any atom is -0.493 e. The highest BCUT2D eigenvalue weighted by molar-refractivity contribution is 6.36. The number of carbonyl (C=O) groups excluding carboxylic acids is 1. The maximum Gasteiger partial charge on any atom is 0.256 e. The van der Waals surface area contributed by atoms with Gasteiger partial charge < -0.3 is 14.5 Å². The van der Waals surface area contributed by atoms with Crippen molar-refractivity contribution in [3.63, 3.8) is 0 Å². The summed E-state index contributed by atoms with van der Waals surface area (Å²) >= 11 is 12.2. The molecular weight excluding hydrogens is 373 g/mol. The molecule has 0 saturated carbocycles. The molecule has 0 saturated heterocycles. The number of halogens is 2. The first-order valence-corrected chi connectivity index (χ1v) is 8.58. The molecule has 1 N–H and O–H groups in total. The Labute approximate surface area is 159 Å². The van der Waals surface area contributed by atoms with Gasteiger partial charge in [-0.05, 0) is 36.4 Å². The smallest absolute Gasteiger partial charge is 0.256 e. The third kappa shape index (κ3) is 2.77. The number of rotatable bonds is 3. The molecule has 0 aliphatic carbocycles. The number of ether oxygens (including phenoxy) is 1. The Morgan fingerprint density at radius 1 is 1.08 bits per heavy atom. The van der Waals surface area contributed by atoms with Crippen molar-refractivity contribution in [2.45, 2.75) is 0 Å². The Bertz CT molecular complexity index is 1150. The van der Waals surface area contributed by atoms with Crippen LogP contribution in [0, 0.1) is 0 Å². The summed E-state index contributed by atoms with van der Waals surface area (Å²) in [7, 11) is 1.56. The Morgan fingerprint density at radius 3 is 2.69 bits per heavy atom. The van der Waals surface area contributed by atoms with Gasteiger partial charge in [-0.25, -0.2) is 0 Å². The zero-order valence-corrected chi connectivity index (χ0v) is 15.2. The van der Waals surface area contributed by atoms with Gasteiger partial charge in [-0.15, -0.1) is 0 Å². The Balaban J connectivity index is 1.88. The zero-order chi connectivity index (χ0) is 18.3. The lowest BCUT2D eigenvalue weighted by atomic mass is 10.0. The van der Waals surface area contributed by atoms with Gasteiger partial charge in [-0.1, -0.05) is 41.4 Å². The fourth-order valence-electron chi connectivity index (χ4n) is 2.94. The molecule has 4 rings (SSSR count). The first-order chi connectivity index (χ1) is 12.6. The van der Waals surface area contributed by atoms with E-state index in [0.29, 0.717) is 43.6 Å². The lowest BCUT2D eigenvalue weighted by Crippen LogP contribution is -2.12. The lowest BCUT2D eigenvalue weighted by molar-refractivity contribution is 0.102. The first-order valence-electron chi connectivity index (χ1n) is 7.83. The largest absolute Gasteiger partial charge is 0.493 e. The molecule has 4 nitrogen and oxygen atoms in total. The lowest BCUT2D eigenvalue weighted by Gasteiger charge is -2.10. The topological polar surface area (TPSA) is 51.5 Å². The van der Waals surface area contributed by atoms with Crippen LogP contribution in [0.5, 0.6) is 5.75 Å². The molecule has 0 bridgehead atoms. The minimum absolute atomic E-state index is 0.312. The predicted octanol–water partition coefficient (Wildman–Crippen LogP) is 6.15. The average molecular weight is 386 g/mol. The van der Waals surface area contributed by atoms with Gasteiger partial charge in [0.1, 0.15) is 5.58 Å². The maximum absolute atomic E-state index is 12.9. The molecule has 0 unspecified atom stereocenters. The van der Waals surface area contributed by atoms with Crippen LogP contribution in [0.3, 0.4) is 0 Å². The summed E-state index contributed by atoms with van der Waals surface area (Å²) in [6, 6.07) is 15.8. The first kappa shape index (κ1) is 16.8. The van der Waals surface area contributed by atoms with Gasteiger partial charge in [0.2, 0.25) is 0 Å². The van der Waals surface area contributed by atoms with Crippen molar-refractivity contribution in [2.24, 2.45) is 0 Å². The fourth-order valence-corrected chi connectivity index (χ4v) is 3.27. The van der Waals surface area contributed by atoms with E-state index >= 15 is 0 Å². The summed E-state index contributed by atoms with van der Waals surface area (Å²) in [6.07, 6.45) is 0. The summed E-state index contributed by atoms with van der Waals surface area (Å²) in [5, 5.41) is 5.23. The Hall–Kier alpha value is -2.69. The Kier molecular flexibility index (Phi) is 4.23. The van der Waals surface area contributed by atoms with E-state index in [1.165, 1.54) is 0 Å². The third-order valence-electron chi connectivity index (χ3n) is 4.13. The van der Waals surface area contributed by atoms with Crippen LogP contribution < -0.4 is 10.1 Å². The van der Waals surface area contributed by atoms with E-state index in [1.54, 1.807) is 37.4 Å². The summed E-state index contributed by atoms with van der Waals surface area (Å²) in [4.78, 5) is 12.9. The van der Waals surface area contributed by atoms with E-state index < -0.39 is 0 Å². The van der Waals surface area contributed by atoms with Crippen molar-refractivity contribution in [2.75, 3.05) is 12.4 Å². The van der Waals surface area contributed by atoms with Crippen LogP contribution in [0.15, 0.2) is 59.0 Å². The molecule has 1 aromatic heterocycles. The quantitative estimate of drug-likeness (QED) is 0.459. The van der Waals surface area contributed by atoms with E-state index in [-0.39, 0.29) is 5.91 Å². The molecule has 4 aromatic rings. The van der Waals surface area contributed by atoms with Gasteiger partial charge in [0.05, 0.1) is 23.4 Å². The van der Waals surface area contributed by atoms with Crippen LogP contribution in [0.4, 0.5) is 5.69 Å². The summed E-state index contributed by atoms with van der Waals surface area (Å²) in [6.45, 7) is 0. The molecule has 26 heavy (non-hydrogen) atoms. The van der Waals surface area contributed by atoms with Gasteiger partial charge in [0, 0.05) is 15.8 Å². The number of amides is 1. The molecule has 6 heteroatoms. The van der Waals surface area contributed by atoms with Crippen LogP contribution in [0.2, 0.25) is 10.0 Å². The van der Waals surface area contributed by atoms with Gasteiger partial charge in [0.15, 0.2) is 11.3 Å². The fraction of sp³-hybridized carbons (Fsp3) is 0.0500. The number of hydrogen-bond donors (Lipinski definition) is 1. The van der Waals surface area contributed by atoms with Gasteiger partial charge >= 0.3 is 0 Å². The van der Waals surface area contributed by atoms with Gasteiger partial charge in [-0.3, -0.25) is 4.79 Å². The minimum atomic E-state index is -0.312. The maximum atomic E-state index is 12.9. The number of nitrogens with one attached hydrogen (secondary N) is 1. The second-order valence-corrected chi connectivity index (χ2v) is 6.54. The standard InChI is InChI=1S/C20H13Cl2NO3/c1-25-17-9-7-13(18-12-4-2-3-5-16(12)26-19(17)18)20(24)23-15-10-11(21)6-8-14(15)22/h2-10H,1H3,(H,23,24). The highest BCUT2D eigenvalue weighted by Gasteiger charge is 2.20. The highest BCUT2D eigenvalue weighted by atomic mass is 35.5. The number of para-hydroxylation sites is 1. The van der Waals surface area contributed by atoms with E-state index in [1.807, 2.05) is 24.3 Å². The van der Waals surface area contributed by atoms with Gasteiger partial charge in [0.25, 0.3) is 5.91 Å². The molecule has 0 fully saturated rings. The number of anilines is 1. The van der Waals surface area contributed by atoms with E-state index in [2.05, 4.69) is 5.32 Å². The molecule has 0 spiro atoms. The summed E-state index contributed by atoms with van der Waals surface area (Å²) in [5.74, 6) is 0.252. The molecule has 1 heterocycles. The van der Waals surface area contributed by atoms with Crippen molar-refractivity contribution in [1.82, 2.24) is 0 Å². The molecule has 3 aromatic carbocycles. The molecule has 0 atom stereocenters. The monoisotopic (exact) mass is 385 g/mol. The molecule has 0 aliphatic rings. The average Bonchev–Trinajstić information content (AvgIpc) is 3.03. The molecule has 1 amide bonds.